The molecule has 0 radical (unpaired) electrons. The Hall–Kier alpha value is -3.42. The van der Waals surface area contributed by atoms with E-state index in [1.165, 1.54) is 12.3 Å². The first-order valence-corrected chi connectivity index (χ1v) is 7.20. The lowest BCUT2D eigenvalue weighted by Gasteiger charge is -2.05. The van der Waals surface area contributed by atoms with Gasteiger partial charge in [-0.05, 0) is 18.2 Å². The molecule has 0 saturated carbocycles. The van der Waals surface area contributed by atoms with Crippen molar-refractivity contribution in [3.8, 4) is 11.5 Å². The zero-order valence-electron chi connectivity index (χ0n) is 12.5. The molecule has 0 saturated heterocycles. The molecule has 24 heavy (non-hydrogen) atoms. The van der Waals surface area contributed by atoms with Crippen LogP contribution < -0.4 is 11.5 Å². The van der Waals surface area contributed by atoms with Gasteiger partial charge in [0.15, 0.2) is 11.4 Å². The lowest BCUT2D eigenvalue weighted by atomic mass is 10.2. The van der Waals surface area contributed by atoms with E-state index < -0.39 is 0 Å². The average Bonchev–Trinajstić information content (AvgIpc) is 3.18. The number of aromatic nitrogens is 4. The number of furan rings is 1. The van der Waals surface area contributed by atoms with Crippen molar-refractivity contribution in [2.75, 3.05) is 11.5 Å². The molecule has 4 rings (SSSR count). The van der Waals surface area contributed by atoms with Gasteiger partial charge in [-0.25, -0.2) is 9.07 Å². The number of fused-ring (bicyclic) bond motifs is 1. The Labute approximate surface area is 135 Å². The van der Waals surface area contributed by atoms with Crippen LogP contribution in [0.4, 0.5) is 16.2 Å². The maximum atomic E-state index is 14.0. The first kappa shape index (κ1) is 14.2. The van der Waals surface area contributed by atoms with Crippen molar-refractivity contribution in [2.45, 2.75) is 6.54 Å². The van der Waals surface area contributed by atoms with Gasteiger partial charge in [-0.2, -0.15) is 15.1 Å². The number of nitrogens with zero attached hydrogens (tertiary/aromatic N) is 4. The number of hydrogen-bond acceptors (Lipinski definition) is 6. The molecule has 0 aliphatic heterocycles. The van der Waals surface area contributed by atoms with Crippen LogP contribution in [0.3, 0.4) is 0 Å². The summed E-state index contributed by atoms with van der Waals surface area (Å²) in [7, 11) is 0. The maximum Gasteiger partial charge on any atom is 0.224 e. The molecule has 0 fully saturated rings. The predicted octanol–water partition coefficient (Wildman–Crippen LogP) is 2.44. The van der Waals surface area contributed by atoms with Gasteiger partial charge in [0.05, 0.1) is 18.2 Å². The normalized spacial score (nSPS) is 11.2. The molecule has 8 heteroatoms. The SMILES string of the molecule is Nc1nc(N)c2c(-c3ccco3)nn(Cc3ccccc3F)c2n1. The average molecular weight is 324 g/mol. The first-order valence-electron chi connectivity index (χ1n) is 7.20. The van der Waals surface area contributed by atoms with Gasteiger partial charge in [0.25, 0.3) is 0 Å². The standard InChI is InChI=1S/C16H13FN6O/c17-10-5-2-1-4-9(10)8-23-15-12(14(18)20-16(19)21-15)13(22-23)11-6-3-7-24-11/h1-7H,8H2,(H4,18,19,20,21). The van der Waals surface area contributed by atoms with Crippen molar-refractivity contribution in [3.63, 3.8) is 0 Å². The fraction of sp³-hybridized carbons (Fsp3) is 0.0625. The number of halogens is 1. The largest absolute Gasteiger partial charge is 0.463 e. The summed E-state index contributed by atoms with van der Waals surface area (Å²) in [5.41, 5.74) is 13.1. The Morgan fingerprint density at radius 1 is 1.08 bits per heavy atom. The van der Waals surface area contributed by atoms with Gasteiger partial charge in [0.1, 0.15) is 17.3 Å². The van der Waals surface area contributed by atoms with Crippen molar-refractivity contribution in [1.29, 1.82) is 0 Å². The van der Waals surface area contributed by atoms with Gasteiger partial charge in [0.2, 0.25) is 5.95 Å². The molecule has 120 valence electrons. The maximum absolute atomic E-state index is 14.0. The summed E-state index contributed by atoms with van der Waals surface area (Å²) < 4.78 is 20.9. The topological polar surface area (TPSA) is 109 Å². The number of nitrogen functional groups attached to an aromatic ring is 2. The molecule has 0 bridgehead atoms. The Morgan fingerprint density at radius 2 is 1.92 bits per heavy atom. The fourth-order valence-electron chi connectivity index (χ4n) is 2.60. The second-order valence-corrected chi connectivity index (χ2v) is 5.24. The highest BCUT2D eigenvalue weighted by molar-refractivity contribution is 5.97. The van der Waals surface area contributed by atoms with E-state index in [-0.39, 0.29) is 24.1 Å². The minimum atomic E-state index is -0.323. The fourth-order valence-corrected chi connectivity index (χ4v) is 2.60. The molecule has 3 heterocycles. The molecule has 7 nitrogen and oxygen atoms in total. The van der Waals surface area contributed by atoms with Crippen LogP contribution in [-0.2, 0) is 6.54 Å². The zero-order valence-corrected chi connectivity index (χ0v) is 12.5. The van der Waals surface area contributed by atoms with Crippen molar-refractivity contribution >= 4 is 22.8 Å². The summed E-state index contributed by atoms with van der Waals surface area (Å²) in [5.74, 6) is 0.424. The highest BCUT2D eigenvalue weighted by Crippen LogP contribution is 2.31. The number of hydrogen-bond donors (Lipinski definition) is 2. The third-order valence-electron chi connectivity index (χ3n) is 3.67. The predicted molar refractivity (Wildman–Crippen MR) is 87.4 cm³/mol. The summed E-state index contributed by atoms with van der Waals surface area (Å²) in [6.45, 7) is 0.180. The van der Waals surface area contributed by atoms with E-state index in [9.17, 15) is 4.39 Å². The Bertz CT molecular complexity index is 1020. The molecule has 4 N–H and O–H groups in total. The van der Waals surface area contributed by atoms with Crippen LogP contribution in [0, 0.1) is 5.82 Å². The summed E-state index contributed by atoms with van der Waals surface area (Å²) in [5, 5.41) is 5.01. The van der Waals surface area contributed by atoms with Gasteiger partial charge in [-0.1, -0.05) is 18.2 Å². The Morgan fingerprint density at radius 3 is 2.67 bits per heavy atom. The molecular formula is C16H13FN6O. The van der Waals surface area contributed by atoms with Crippen LogP contribution in [0.1, 0.15) is 5.56 Å². The minimum absolute atomic E-state index is 0.0284. The lowest BCUT2D eigenvalue weighted by molar-refractivity contribution is 0.573. The first-order chi connectivity index (χ1) is 11.6. The van der Waals surface area contributed by atoms with Crippen molar-refractivity contribution < 1.29 is 8.81 Å². The molecule has 0 amide bonds. The minimum Gasteiger partial charge on any atom is -0.463 e. The molecule has 1 aromatic carbocycles. The van der Waals surface area contributed by atoms with E-state index in [1.54, 1.807) is 35.0 Å². The highest BCUT2D eigenvalue weighted by atomic mass is 19.1. The molecule has 0 aliphatic carbocycles. The van der Waals surface area contributed by atoms with E-state index in [1.807, 2.05) is 0 Å². The van der Waals surface area contributed by atoms with Crippen molar-refractivity contribution in [1.82, 2.24) is 19.7 Å². The van der Waals surface area contributed by atoms with Crippen LogP contribution in [-0.4, -0.2) is 19.7 Å². The molecular weight excluding hydrogens is 311 g/mol. The van der Waals surface area contributed by atoms with Gasteiger partial charge in [-0.15, -0.1) is 0 Å². The van der Waals surface area contributed by atoms with Crippen molar-refractivity contribution in [3.05, 3.63) is 54.0 Å². The van der Waals surface area contributed by atoms with Crippen molar-refractivity contribution in [2.24, 2.45) is 0 Å². The van der Waals surface area contributed by atoms with Crippen LogP contribution in [0.2, 0.25) is 0 Å². The van der Waals surface area contributed by atoms with E-state index in [2.05, 4.69) is 15.1 Å². The van der Waals surface area contributed by atoms with Crippen LogP contribution in [0.5, 0.6) is 0 Å². The van der Waals surface area contributed by atoms with E-state index in [0.717, 1.165) is 0 Å². The number of anilines is 2. The number of rotatable bonds is 3. The third kappa shape index (κ3) is 2.24. The monoisotopic (exact) mass is 324 g/mol. The van der Waals surface area contributed by atoms with E-state index >= 15 is 0 Å². The second-order valence-electron chi connectivity index (χ2n) is 5.24. The summed E-state index contributed by atoms with van der Waals surface area (Å²) >= 11 is 0. The van der Waals surface area contributed by atoms with Crippen LogP contribution >= 0.6 is 0 Å². The van der Waals surface area contributed by atoms with Gasteiger partial charge < -0.3 is 15.9 Å². The quantitative estimate of drug-likeness (QED) is 0.599. The molecule has 0 aliphatic rings. The van der Waals surface area contributed by atoms with Crippen LogP contribution in [0.25, 0.3) is 22.5 Å². The van der Waals surface area contributed by atoms with Gasteiger partial charge in [0, 0.05) is 5.56 Å². The second kappa shape index (κ2) is 5.34. The van der Waals surface area contributed by atoms with Gasteiger partial charge >= 0.3 is 0 Å². The highest BCUT2D eigenvalue weighted by Gasteiger charge is 2.20. The summed E-state index contributed by atoms with van der Waals surface area (Å²) in [4.78, 5) is 8.20. The smallest absolute Gasteiger partial charge is 0.224 e. The lowest BCUT2D eigenvalue weighted by Crippen LogP contribution is -2.06. The zero-order chi connectivity index (χ0) is 16.7. The number of nitrogens with two attached hydrogens (primary N) is 2. The van der Waals surface area contributed by atoms with Gasteiger partial charge in [-0.3, -0.25) is 0 Å². The molecule has 0 unspecified atom stereocenters. The van der Waals surface area contributed by atoms with E-state index in [0.29, 0.717) is 28.1 Å². The summed E-state index contributed by atoms with van der Waals surface area (Å²) in [6.07, 6.45) is 1.53. The molecule has 0 atom stereocenters. The molecule has 4 aromatic rings. The molecule has 3 aromatic heterocycles. The van der Waals surface area contributed by atoms with Crippen LogP contribution in [0.15, 0.2) is 47.1 Å². The van der Waals surface area contributed by atoms with E-state index in [4.69, 9.17) is 15.9 Å². The Kier molecular flexibility index (Phi) is 3.16. The molecule has 0 spiro atoms. The summed E-state index contributed by atoms with van der Waals surface area (Å²) in [6, 6.07) is 9.97. The Balaban J connectivity index is 1.94. The number of benzene rings is 1. The third-order valence-corrected chi connectivity index (χ3v) is 3.67.